The molecule has 9 nitrogen and oxygen atoms in total. The van der Waals surface area contributed by atoms with Crippen molar-refractivity contribution in [3.8, 4) is 5.75 Å². The van der Waals surface area contributed by atoms with Gasteiger partial charge in [0.05, 0.1) is 44.3 Å². The van der Waals surface area contributed by atoms with Gasteiger partial charge >= 0.3 is 0 Å². The molecule has 1 atom stereocenters. The number of carbonyl (C=O) groups excluding carboxylic acids is 2. The van der Waals surface area contributed by atoms with Crippen molar-refractivity contribution in [1.82, 2.24) is 14.3 Å². The van der Waals surface area contributed by atoms with E-state index in [4.69, 9.17) is 9.47 Å². The van der Waals surface area contributed by atoms with E-state index in [1.165, 1.54) is 4.90 Å². The zero-order valence-electron chi connectivity index (χ0n) is 20.5. The number of quaternary nitrogens is 1. The van der Waals surface area contributed by atoms with E-state index in [0.717, 1.165) is 32.8 Å². The van der Waals surface area contributed by atoms with Gasteiger partial charge in [-0.15, -0.1) is 0 Å². The lowest BCUT2D eigenvalue weighted by atomic mass is 9.96. The van der Waals surface area contributed by atoms with E-state index in [0.29, 0.717) is 41.3 Å². The van der Waals surface area contributed by atoms with Gasteiger partial charge in [-0.2, -0.15) is 0 Å². The van der Waals surface area contributed by atoms with Crippen molar-refractivity contribution in [2.24, 2.45) is 0 Å². The number of methoxy groups -OCH3 is 1. The molecule has 0 saturated carbocycles. The van der Waals surface area contributed by atoms with Gasteiger partial charge in [-0.05, 0) is 36.8 Å². The number of aromatic nitrogens is 2. The second-order valence-corrected chi connectivity index (χ2v) is 9.19. The number of imidazole rings is 1. The van der Waals surface area contributed by atoms with Crippen LogP contribution >= 0.6 is 0 Å². The second kappa shape index (κ2) is 10.1. The van der Waals surface area contributed by atoms with E-state index in [-0.39, 0.29) is 5.57 Å². The second-order valence-electron chi connectivity index (χ2n) is 9.19. The topological polar surface area (TPSA) is 101 Å². The molecule has 1 unspecified atom stereocenters. The van der Waals surface area contributed by atoms with Crippen LogP contribution in [0.1, 0.15) is 29.4 Å². The number of nitrogens with one attached hydrogen (secondary N) is 1. The van der Waals surface area contributed by atoms with E-state index in [9.17, 15) is 14.7 Å². The van der Waals surface area contributed by atoms with Crippen LogP contribution in [0.25, 0.3) is 11.4 Å². The number of rotatable bonds is 7. The van der Waals surface area contributed by atoms with Crippen LogP contribution in [-0.4, -0.2) is 72.5 Å². The van der Waals surface area contributed by atoms with Gasteiger partial charge in [-0.1, -0.05) is 24.0 Å². The maximum Gasteiger partial charge on any atom is 0.295 e. The highest BCUT2D eigenvalue weighted by molar-refractivity contribution is 6.46. The predicted octanol–water partition coefficient (Wildman–Crippen LogP) is 0.181. The Hall–Kier alpha value is -3.69. The average Bonchev–Trinajstić information content (AvgIpc) is 3.37. The van der Waals surface area contributed by atoms with Crippen molar-refractivity contribution in [2.75, 3.05) is 46.5 Å². The summed E-state index contributed by atoms with van der Waals surface area (Å²) >= 11 is 0. The van der Waals surface area contributed by atoms with Gasteiger partial charge in [0.15, 0.2) is 0 Å². The van der Waals surface area contributed by atoms with Crippen molar-refractivity contribution in [1.29, 1.82) is 0 Å². The molecule has 1 N–H and O–H groups in total. The average molecular weight is 491 g/mol. The summed E-state index contributed by atoms with van der Waals surface area (Å²) < 4.78 is 12.5. The van der Waals surface area contributed by atoms with Crippen LogP contribution in [0.5, 0.6) is 5.75 Å². The number of Topliss-reactive ketones (excluding diaryl/α,β-unsaturated/α-hetero) is 1. The first-order valence-corrected chi connectivity index (χ1v) is 12.3. The molecule has 1 aromatic carbocycles. The summed E-state index contributed by atoms with van der Waals surface area (Å²) in [5.41, 5.74) is 2.05. The minimum atomic E-state index is -0.791. The molecule has 0 bridgehead atoms. The third kappa shape index (κ3) is 4.36. The van der Waals surface area contributed by atoms with E-state index >= 15 is 0 Å². The third-order valence-electron chi connectivity index (χ3n) is 6.99. The molecule has 0 radical (unpaired) electrons. The molecule has 2 aliphatic rings. The number of ketones is 1. The number of benzene rings is 1. The Morgan fingerprint density at radius 3 is 2.78 bits per heavy atom. The summed E-state index contributed by atoms with van der Waals surface area (Å²) in [5, 5.41) is 14.0. The van der Waals surface area contributed by atoms with Gasteiger partial charge in [0.1, 0.15) is 24.5 Å². The molecule has 5 rings (SSSR count). The SMILES string of the molecule is COc1cccc(C2C(=C([O-])c3c(C)nc4ccccn34)C(=O)C(=O)N2CCC[NH+]2CCOCC2)c1. The van der Waals surface area contributed by atoms with Crippen LogP contribution in [0.4, 0.5) is 0 Å². The molecule has 4 heterocycles. The monoisotopic (exact) mass is 490 g/mol. The number of hydrogen-bond acceptors (Lipinski definition) is 6. The van der Waals surface area contributed by atoms with Gasteiger partial charge in [0, 0.05) is 24.7 Å². The summed E-state index contributed by atoms with van der Waals surface area (Å²) in [5.74, 6) is -1.28. The summed E-state index contributed by atoms with van der Waals surface area (Å²) in [6.07, 6.45) is 2.46. The molecule has 36 heavy (non-hydrogen) atoms. The van der Waals surface area contributed by atoms with Crippen LogP contribution in [0.3, 0.4) is 0 Å². The summed E-state index contributed by atoms with van der Waals surface area (Å²) in [4.78, 5) is 34.1. The molecule has 0 aliphatic carbocycles. The van der Waals surface area contributed by atoms with Crippen molar-refractivity contribution < 1.29 is 29.1 Å². The smallest absolute Gasteiger partial charge is 0.295 e. The minimum absolute atomic E-state index is 0.0410. The lowest BCUT2D eigenvalue weighted by Crippen LogP contribution is -3.14. The Bertz CT molecular complexity index is 1320. The summed E-state index contributed by atoms with van der Waals surface area (Å²) in [6.45, 7) is 6.29. The maximum atomic E-state index is 14.0. The number of carbonyl (C=O) groups is 2. The lowest BCUT2D eigenvalue weighted by molar-refractivity contribution is -0.908. The van der Waals surface area contributed by atoms with Gasteiger partial charge in [0.25, 0.3) is 5.91 Å². The predicted molar refractivity (Wildman–Crippen MR) is 130 cm³/mol. The van der Waals surface area contributed by atoms with Crippen molar-refractivity contribution in [2.45, 2.75) is 19.4 Å². The molecule has 2 aliphatic heterocycles. The highest BCUT2D eigenvalue weighted by atomic mass is 16.5. The zero-order chi connectivity index (χ0) is 25.2. The Kier molecular flexibility index (Phi) is 6.75. The Balaban J connectivity index is 1.56. The molecule has 9 heteroatoms. The Morgan fingerprint density at radius 1 is 1.19 bits per heavy atom. The number of aryl methyl sites for hydroxylation is 1. The van der Waals surface area contributed by atoms with E-state index in [1.807, 2.05) is 12.1 Å². The summed E-state index contributed by atoms with van der Waals surface area (Å²) in [7, 11) is 1.56. The molecule has 1 amide bonds. The molecule has 2 fully saturated rings. The molecular weight excluding hydrogens is 460 g/mol. The Morgan fingerprint density at radius 2 is 2.00 bits per heavy atom. The number of hydrogen-bond donors (Lipinski definition) is 1. The quantitative estimate of drug-likeness (QED) is 0.288. The number of nitrogens with zero attached hydrogens (tertiary/aromatic N) is 3. The third-order valence-corrected chi connectivity index (χ3v) is 6.99. The minimum Gasteiger partial charge on any atom is -0.871 e. The highest BCUT2D eigenvalue weighted by Gasteiger charge is 2.44. The molecule has 188 valence electrons. The van der Waals surface area contributed by atoms with Crippen LogP contribution in [0.15, 0.2) is 54.2 Å². The first-order chi connectivity index (χ1) is 17.5. The van der Waals surface area contributed by atoms with Crippen LogP contribution < -0.4 is 14.7 Å². The molecule has 0 spiro atoms. The number of likely N-dealkylation sites (tertiary alicyclic amines) is 1. The number of morpholine rings is 1. The van der Waals surface area contributed by atoms with E-state index in [1.54, 1.807) is 59.9 Å². The molecule has 2 saturated heterocycles. The fourth-order valence-corrected chi connectivity index (χ4v) is 5.18. The Labute approximate surface area is 209 Å². The number of fused-ring (bicyclic) bond motifs is 1. The first kappa shape index (κ1) is 24.0. The fraction of sp³-hybridized carbons (Fsp3) is 0.370. The van der Waals surface area contributed by atoms with Gasteiger partial charge in [-0.3, -0.25) is 9.59 Å². The largest absolute Gasteiger partial charge is 0.871 e. The van der Waals surface area contributed by atoms with E-state index in [2.05, 4.69) is 4.98 Å². The maximum absolute atomic E-state index is 14.0. The van der Waals surface area contributed by atoms with Gasteiger partial charge in [-0.25, -0.2) is 4.98 Å². The standard InChI is InChI=1S/C27H30N4O5/c1-18-23(30-11-4-3-9-21(30)28-18)25(32)22-24(19-7-5-8-20(17-19)35-2)31(27(34)26(22)33)12-6-10-29-13-15-36-16-14-29/h3-5,7-9,11,17,24,32H,6,10,12-16H2,1-2H3. The van der Waals surface area contributed by atoms with Gasteiger partial charge in [0.2, 0.25) is 5.78 Å². The molecule has 2 aromatic heterocycles. The van der Waals surface area contributed by atoms with E-state index < -0.39 is 23.5 Å². The number of amides is 1. The van der Waals surface area contributed by atoms with Crippen LogP contribution in [-0.2, 0) is 14.3 Å². The van der Waals surface area contributed by atoms with Crippen molar-refractivity contribution in [3.05, 3.63) is 71.2 Å². The van der Waals surface area contributed by atoms with Crippen molar-refractivity contribution >= 4 is 23.1 Å². The number of pyridine rings is 1. The normalized spacial score (nSPS) is 20.4. The molecular formula is C27H30N4O5. The van der Waals surface area contributed by atoms with Crippen LogP contribution in [0, 0.1) is 6.92 Å². The van der Waals surface area contributed by atoms with Gasteiger partial charge < -0.3 is 28.8 Å². The summed E-state index contributed by atoms with van der Waals surface area (Å²) in [6, 6.07) is 11.9. The lowest BCUT2D eigenvalue weighted by Gasteiger charge is -2.29. The van der Waals surface area contributed by atoms with Crippen molar-refractivity contribution in [3.63, 3.8) is 0 Å². The fourth-order valence-electron chi connectivity index (χ4n) is 5.18. The highest BCUT2D eigenvalue weighted by Crippen LogP contribution is 2.40. The van der Waals surface area contributed by atoms with Crippen LogP contribution in [0.2, 0.25) is 0 Å². The zero-order valence-corrected chi connectivity index (χ0v) is 20.5. The molecule has 3 aromatic rings. The number of ether oxygens (including phenoxy) is 2. The first-order valence-electron chi connectivity index (χ1n) is 12.3.